The van der Waals surface area contributed by atoms with Gasteiger partial charge in [-0.15, -0.1) is 0 Å². The molecule has 0 bridgehead atoms. The maximum absolute atomic E-state index is 11.8. The molecular formula is C13H22N2O3. The van der Waals surface area contributed by atoms with E-state index in [1.165, 1.54) is 12.8 Å². The van der Waals surface area contributed by atoms with Gasteiger partial charge in [0.15, 0.2) is 0 Å². The smallest absolute Gasteiger partial charge is 0.317 e. The van der Waals surface area contributed by atoms with E-state index in [9.17, 15) is 9.59 Å². The largest absolute Gasteiger partial charge is 0.481 e. The monoisotopic (exact) mass is 254 g/mol. The van der Waals surface area contributed by atoms with Crippen molar-refractivity contribution >= 4 is 12.0 Å². The fraction of sp³-hybridized carbons (Fsp3) is 0.846. The van der Waals surface area contributed by atoms with Crippen LogP contribution in [0.1, 0.15) is 38.5 Å². The van der Waals surface area contributed by atoms with Crippen molar-refractivity contribution in [1.82, 2.24) is 10.2 Å². The zero-order chi connectivity index (χ0) is 13.0. The van der Waals surface area contributed by atoms with Crippen LogP contribution >= 0.6 is 0 Å². The minimum Gasteiger partial charge on any atom is -0.481 e. The number of amides is 2. The molecule has 1 heterocycles. The van der Waals surface area contributed by atoms with Crippen molar-refractivity contribution in [3.8, 4) is 0 Å². The Bertz CT molecular complexity index is 307. The van der Waals surface area contributed by atoms with Gasteiger partial charge < -0.3 is 15.3 Å². The zero-order valence-corrected chi connectivity index (χ0v) is 10.7. The van der Waals surface area contributed by atoms with Gasteiger partial charge in [-0.1, -0.05) is 12.8 Å². The number of carbonyl (C=O) groups excluding carboxylic acids is 1. The number of carbonyl (C=O) groups is 2. The van der Waals surface area contributed by atoms with Crippen LogP contribution in [0.4, 0.5) is 4.79 Å². The summed E-state index contributed by atoms with van der Waals surface area (Å²) in [6.45, 7) is 2.15. The summed E-state index contributed by atoms with van der Waals surface area (Å²) in [5.74, 6) is 0.340. The maximum Gasteiger partial charge on any atom is 0.317 e. The van der Waals surface area contributed by atoms with Crippen molar-refractivity contribution in [2.45, 2.75) is 38.5 Å². The van der Waals surface area contributed by atoms with Crippen LogP contribution < -0.4 is 5.32 Å². The Labute approximate surface area is 108 Å². The second-order valence-corrected chi connectivity index (χ2v) is 5.49. The second kappa shape index (κ2) is 6.07. The van der Waals surface area contributed by atoms with Crippen LogP contribution in [0.15, 0.2) is 0 Å². The lowest BCUT2D eigenvalue weighted by Crippen LogP contribution is -2.45. The topological polar surface area (TPSA) is 69.6 Å². The molecule has 2 fully saturated rings. The average molecular weight is 254 g/mol. The second-order valence-electron chi connectivity index (χ2n) is 5.49. The Morgan fingerprint density at radius 3 is 2.33 bits per heavy atom. The molecule has 0 radical (unpaired) electrons. The molecule has 0 spiro atoms. The highest BCUT2D eigenvalue weighted by Gasteiger charge is 2.25. The van der Waals surface area contributed by atoms with Gasteiger partial charge in [-0.2, -0.15) is 0 Å². The fourth-order valence-corrected chi connectivity index (χ4v) is 2.49. The number of piperidine rings is 1. The van der Waals surface area contributed by atoms with E-state index in [1.807, 2.05) is 4.90 Å². The summed E-state index contributed by atoms with van der Waals surface area (Å²) in [5, 5.41) is 11.7. The number of hydrogen-bond donors (Lipinski definition) is 2. The van der Waals surface area contributed by atoms with Crippen LogP contribution in [-0.4, -0.2) is 41.6 Å². The third kappa shape index (κ3) is 4.20. The number of urea groups is 1. The Morgan fingerprint density at radius 1 is 1.11 bits per heavy atom. The highest BCUT2D eigenvalue weighted by atomic mass is 16.4. The van der Waals surface area contributed by atoms with Gasteiger partial charge in [-0.25, -0.2) is 4.79 Å². The van der Waals surface area contributed by atoms with Crippen LogP contribution in [-0.2, 0) is 4.79 Å². The number of likely N-dealkylation sites (tertiary alicyclic amines) is 1. The maximum atomic E-state index is 11.8. The predicted octanol–water partition coefficient (Wildman–Crippen LogP) is 1.68. The van der Waals surface area contributed by atoms with Gasteiger partial charge >= 0.3 is 12.0 Å². The van der Waals surface area contributed by atoms with E-state index in [-0.39, 0.29) is 18.4 Å². The summed E-state index contributed by atoms with van der Waals surface area (Å²) in [7, 11) is 0. The van der Waals surface area contributed by atoms with Crippen LogP contribution in [0, 0.1) is 11.8 Å². The fourth-order valence-electron chi connectivity index (χ4n) is 2.49. The summed E-state index contributed by atoms with van der Waals surface area (Å²) in [5.41, 5.74) is 0. The molecule has 1 aliphatic heterocycles. The average Bonchev–Trinajstić information content (AvgIpc) is 3.13. The number of nitrogens with one attached hydrogen (secondary N) is 1. The summed E-state index contributed by atoms with van der Waals surface area (Å²) in [6.07, 6.45) is 5.58. The number of carboxylic acid groups (broad SMARTS) is 1. The van der Waals surface area contributed by atoms with Crippen LogP contribution in [0.3, 0.4) is 0 Å². The van der Waals surface area contributed by atoms with Gasteiger partial charge in [-0.05, 0) is 31.1 Å². The minimum absolute atomic E-state index is 0.0180. The van der Waals surface area contributed by atoms with Gasteiger partial charge in [0.25, 0.3) is 0 Å². The Balaban J connectivity index is 1.61. The van der Waals surface area contributed by atoms with Gasteiger partial charge in [0, 0.05) is 26.1 Å². The molecule has 2 N–H and O–H groups in total. The molecule has 0 aromatic heterocycles. The zero-order valence-electron chi connectivity index (χ0n) is 10.7. The predicted molar refractivity (Wildman–Crippen MR) is 67.3 cm³/mol. The van der Waals surface area contributed by atoms with E-state index in [0.29, 0.717) is 13.1 Å². The first-order chi connectivity index (χ1) is 8.65. The lowest BCUT2D eigenvalue weighted by molar-refractivity contribution is -0.138. The molecule has 2 aliphatic rings. The van der Waals surface area contributed by atoms with Gasteiger partial charge in [0.2, 0.25) is 0 Å². The normalized spacial score (nSPS) is 20.8. The summed E-state index contributed by atoms with van der Waals surface area (Å²) < 4.78 is 0. The van der Waals surface area contributed by atoms with E-state index in [0.717, 1.165) is 31.7 Å². The lowest BCUT2D eigenvalue weighted by atomic mass is 9.94. The van der Waals surface area contributed by atoms with Crippen molar-refractivity contribution in [3.05, 3.63) is 0 Å². The standard InChI is InChI=1S/C13H22N2O3/c16-12(17)9-11-4-7-15(8-5-11)13(18)14-6-3-10-1-2-10/h10-11H,1-9H2,(H,14,18)(H,16,17). The SMILES string of the molecule is O=C(O)CC1CCN(C(=O)NCCC2CC2)CC1. The number of aliphatic carboxylic acids is 1. The van der Waals surface area contributed by atoms with E-state index >= 15 is 0 Å². The molecule has 5 heteroatoms. The molecule has 1 saturated carbocycles. The lowest BCUT2D eigenvalue weighted by Gasteiger charge is -2.31. The first kappa shape index (κ1) is 13.2. The van der Waals surface area contributed by atoms with Crippen LogP contribution in [0.2, 0.25) is 0 Å². The van der Waals surface area contributed by atoms with E-state index in [2.05, 4.69) is 5.32 Å². The van der Waals surface area contributed by atoms with Crippen LogP contribution in [0.25, 0.3) is 0 Å². The molecule has 0 aromatic carbocycles. The Kier molecular flexibility index (Phi) is 4.44. The third-order valence-corrected chi connectivity index (χ3v) is 3.89. The molecule has 0 atom stereocenters. The van der Waals surface area contributed by atoms with Gasteiger partial charge in [0.05, 0.1) is 0 Å². The quantitative estimate of drug-likeness (QED) is 0.784. The van der Waals surface area contributed by atoms with E-state index in [4.69, 9.17) is 5.11 Å². The highest BCUT2D eigenvalue weighted by Crippen LogP contribution is 2.31. The number of nitrogens with zero attached hydrogens (tertiary/aromatic N) is 1. The molecule has 2 rings (SSSR count). The number of rotatable bonds is 5. The molecule has 18 heavy (non-hydrogen) atoms. The van der Waals surface area contributed by atoms with Crippen molar-refractivity contribution in [3.63, 3.8) is 0 Å². The molecule has 5 nitrogen and oxygen atoms in total. The van der Waals surface area contributed by atoms with Gasteiger partial charge in [0.1, 0.15) is 0 Å². The van der Waals surface area contributed by atoms with E-state index in [1.54, 1.807) is 0 Å². The molecule has 102 valence electrons. The summed E-state index contributed by atoms with van der Waals surface area (Å²) >= 11 is 0. The number of carboxylic acids is 1. The Hall–Kier alpha value is -1.26. The first-order valence-corrected chi connectivity index (χ1v) is 6.89. The summed E-state index contributed by atoms with van der Waals surface area (Å²) in [4.78, 5) is 24.2. The molecule has 1 aliphatic carbocycles. The Morgan fingerprint density at radius 2 is 1.78 bits per heavy atom. The van der Waals surface area contributed by atoms with Crippen LogP contribution in [0.5, 0.6) is 0 Å². The number of hydrogen-bond acceptors (Lipinski definition) is 2. The van der Waals surface area contributed by atoms with E-state index < -0.39 is 5.97 Å². The summed E-state index contributed by atoms with van der Waals surface area (Å²) in [6, 6.07) is 0.0180. The molecule has 0 unspecified atom stereocenters. The van der Waals surface area contributed by atoms with Crippen molar-refractivity contribution in [2.75, 3.05) is 19.6 Å². The molecule has 1 saturated heterocycles. The highest BCUT2D eigenvalue weighted by molar-refractivity contribution is 5.74. The third-order valence-electron chi connectivity index (χ3n) is 3.89. The van der Waals surface area contributed by atoms with Gasteiger partial charge in [-0.3, -0.25) is 4.79 Å². The molecule has 2 amide bonds. The minimum atomic E-state index is -0.734. The van der Waals surface area contributed by atoms with Crippen molar-refractivity contribution < 1.29 is 14.7 Å². The van der Waals surface area contributed by atoms with Crippen molar-refractivity contribution in [2.24, 2.45) is 11.8 Å². The van der Waals surface area contributed by atoms with Crippen molar-refractivity contribution in [1.29, 1.82) is 0 Å². The molecular weight excluding hydrogens is 232 g/mol. The first-order valence-electron chi connectivity index (χ1n) is 6.89. The molecule has 0 aromatic rings.